The molecule has 0 atom stereocenters. The Bertz CT molecular complexity index is 1220. The molecular formula is C23H20F2N4O. The van der Waals surface area contributed by atoms with E-state index >= 15 is 0 Å². The van der Waals surface area contributed by atoms with Crippen molar-refractivity contribution in [3.05, 3.63) is 89.6 Å². The molecule has 4 rings (SSSR count). The molecule has 0 spiro atoms. The first kappa shape index (κ1) is 19.7. The van der Waals surface area contributed by atoms with Crippen LogP contribution in [0.1, 0.15) is 16.1 Å². The van der Waals surface area contributed by atoms with Gasteiger partial charge in [0.05, 0.1) is 5.52 Å². The van der Waals surface area contributed by atoms with Gasteiger partial charge in [0.15, 0.2) is 17.3 Å². The van der Waals surface area contributed by atoms with Crippen LogP contribution in [-0.2, 0) is 6.54 Å². The van der Waals surface area contributed by atoms with E-state index in [2.05, 4.69) is 15.3 Å². The van der Waals surface area contributed by atoms with Crippen molar-refractivity contribution in [3.8, 4) is 5.69 Å². The van der Waals surface area contributed by atoms with Crippen LogP contribution in [0.15, 0.2) is 66.7 Å². The van der Waals surface area contributed by atoms with E-state index in [0.29, 0.717) is 16.6 Å². The molecule has 1 aromatic heterocycles. The molecule has 152 valence electrons. The molecule has 0 bridgehead atoms. The predicted octanol–water partition coefficient (Wildman–Crippen LogP) is 4.62. The van der Waals surface area contributed by atoms with E-state index in [1.165, 1.54) is 16.8 Å². The zero-order valence-corrected chi connectivity index (χ0v) is 16.6. The Morgan fingerprint density at radius 1 is 1.00 bits per heavy atom. The van der Waals surface area contributed by atoms with Gasteiger partial charge in [-0.05, 0) is 50.0 Å². The van der Waals surface area contributed by atoms with Crippen LogP contribution >= 0.6 is 0 Å². The quantitative estimate of drug-likeness (QED) is 0.526. The Labute approximate surface area is 172 Å². The third-order valence-corrected chi connectivity index (χ3v) is 4.67. The lowest BCUT2D eigenvalue weighted by Crippen LogP contribution is -2.14. The van der Waals surface area contributed by atoms with Crippen molar-refractivity contribution < 1.29 is 13.6 Å². The fraction of sp³-hybridized carbons (Fsp3) is 0.130. The maximum Gasteiger partial charge on any atom is 0.276 e. The SMILES string of the molecule is CN(C)Cc1ccc(NC(=O)c2nn(-c3cccc(F)c3F)c3ccccc23)cc1. The largest absolute Gasteiger partial charge is 0.321 e. The molecule has 0 fully saturated rings. The minimum Gasteiger partial charge on any atom is -0.321 e. The van der Waals surface area contributed by atoms with Crippen molar-refractivity contribution in [2.75, 3.05) is 19.4 Å². The molecule has 4 aromatic rings. The van der Waals surface area contributed by atoms with Gasteiger partial charge >= 0.3 is 0 Å². The average Bonchev–Trinajstić information content (AvgIpc) is 3.11. The summed E-state index contributed by atoms with van der Waals surface area (Å²) in [7, 11) is 3.97. The highest BCUT2D eigenvalue weighted by molar-refractivity contribution is 6.11. The molecule has 1 heterocycles. The number of hydrogen-bond acceptors (Lipinski definition) is 3. The summed E-state index contributed by atoms with van der Waals surface area (Å²) < 4.78 is 29.3. The van der Waals surface area contributed by atoms with E-state index in [9.17, 15) is 13.6 Å². The normalized spacial score (nSPS) is 11.2. The molecule has 0 saturated heterocycles. The van der Waals surface area contributed by atoms with Gasteiger partial charge in [0.2, 0.25) is 0 Å². The number of benzene rings is 3. The number of fused-ring (bicyclic) bond motifs is 1. The molecular weight excluding hydrogens is 386 g/mol. The topological polar surface area (TPSA) is 50.2 Å². The number of halogens is 2. The third kappa shape index (κ3) is 3.79. The van der Waals surface area contributed by atoms with Crippen molar-refractivity contribution >= 4 is 22.5 Å². The molecule has 0 saturated carbocycles. The van der Waals surface area contributed by atoms with Crippen molar-refractivity contribution in [2.45, 2.75) is 6.54 Å². The second-order valence-corrected chi connectivity index (χ2v) is 7.24. The first-order valence-electron chi connectivity index (χ1n) is 9.41. The number of anilines is 1. The minimum atomic E-state index is -1.02. The molecule has 30 heavy (non-hydrogen) atoms. The van der Waals surface area contributed by atoms with Gasteiger partial charge in [0.1, 0.15) is 5.69 Å². The highest BCUT2D eigenvalue weighted by Crippen LogP contribution is 2.25. The second kappa shape index (κ2) is 8.04. The van der Waals surface area contributed by atoms with Gasteiger partial charge in [-0.2, -0.15) is 5.10 Å². The first-order chi connectivity index (χ1) is 14.4. The van der Waals surface area contributed by atoms with Crippen LogP contribution in [-0.4, -0.2) is 34.7 Å². The Balaban J connectivity index is 1.69. The van der Waals surface area contributed by atoms with Gasteiger partial charge in [0.25, 0.3) is 5.91 Å². The molecule has 0 unspecified atom stereocenters. The summed E-state index contributed by atoms with van der Waals surface area (Å²) in [6.07, 6.45) is 0. The van der Waals surface area contributed by atoms with Gasteiger partial charge in [0, 0.05) is 17.6 Å². The van der Waals surface area contributed by atoms with Crippen molar-refractivity contribution in [1.29, 1.82) is 0 Å². The minimum absolute atomic E-state index is 0.0571. The summed E-state index contributed by atoms with van der Waals surface area (Å²) in [6.45, 7) is 0.794. The molecule has 0 aliphatic carbocycles. The lowest BCUT2D eigenvalue weighted by molar-refractivity contribution is 0.102. The van der Waals surface area contributed by atoms with Crippen LogP contribution in [0.5, 0.6) is 0 Å². The van der Waals surface area contributed by atoms with Crippen LogP contribution in [0, 0.1) is 11.6 Å². The van der Waals surface area contributed by atoms with E-state index < -0.39 is 17.5 Å². The molecule has 0 radical (unpaired) electrons. The highest BCUT2D eigenvalue weighted by Gasteiger charge is 2.20. The van der Waals surface area contributed by atoms with E-state index in [0.717, 1.165) is 18.2 Å². The van der Waals surface area contributed by atoms with Gasteiger partial charge in [-0.3, -0.25) is 4.79 Å². The van der Waals surface area contributed by atoms with E-state index in [1.807, 2.05) is 38.4 Å². The summed E-state index contributed by atoms with van der Waals surface area (Å²) in [4.78, 5) is 15.0. The molecule has 7 heteroatoms. The van der Waals surface area contributed by atoms with Crippen LogP contribution in [0.3, 0.4) is 0 Å². The number of rotatable bonds is 5. The van der Waals surface area contributed by atoms with Crippen LogP contribution in [0.25, 0.3) is 16.6 Å². The molecule has 1 N–H and O–H groups in total. The van der Waals surface area contributed by atoms with Crippen LogP contribution in [0.2, 0.25) is 0 Å². The van der Waals surface area contributed by atoms with Gasteiger partial charge in [-0.15, -0.1) is 0 Å². The zero-order chi connectivity index (χ0) is 21.3. The lowest BCUT2D eigenvalue weighted by Gasteiger charge is -2.10. The Morgan fingerprint density at radius 3 is 2.47 bits per heavy atom. The zero-order valence-electron chi connectivity index (χ0n) is 16.6. The number of carbonyl (C=O) groups excluding carboxylic acids is 1. The maximum absolute atomic E-state index is 14.4. The van der Waals surface area contributed by atoms with E-state index in [4.69, 9.17) is 0 Å². The van der Waals surface area contributed by atoms with Crippen molar-refractivity contribution in [1.82, 2.24) is 14.7 Å². The number of nitrogens with one attached hydrogen (secondary N) is 1. The lowest BCUT2D eigenvalue weighted by atomic mass is 10.1. The number of amides is 1. The summed E-state index contributed by atoms with van der Waals surface area (Å²) in [5, 5.41) is 7.68. The highest BCUT2D eigenvalue weighted by atomic mass is 19.2. The summed E-state index contributed by atoms with van der Waals surface area (Å²) in [5.74, 6) is -2.42. The Kier molecular flexibility index (Phi) is 5.29. The third-order valence-electron chi connectivity index (χ3n) is 4.67. The molecule has 1 amide bonds. The fourth-order valence-electron chi connectivity index (χ4n) is 3.32. The van der Waals surface area contributed by atoms with E-state index in [1.54, 1.807) is 24.3 Å². The maximum atomic E-state index is 14.4. The molecule has 0 aliphatic rings. The standard InChI is InChI=1S/C23H20F2N4O/c1-28(2)14-15-10-12-16(13-11-15)26-23(30)22-17-6-3-4-8-19(17)29(27-22)20-9-5-7-18(24)21(20)25/h3-13H,14H2,1-2H3,(H,26,30). The van der Waals surface area contributed by atoms with Gasteiger partial charge in [-0.1, -0.05) is 36.4 Å². The van der Waals surface area contributed by atoms with Crippen molar-refractivity contribution in [2.24, 2.45) is 0 Å². The molecule has 3 aromatic carbocycles. The second-order valence-electron chi connectivity index (χ2n) is 7.24. The average molecular weight is 406 g/mol. The van der Waals surface area contributed by atoms with Gasteiger partial charge in [-0.25, -0.2) is 13.5 Å². The fourth-order valence-corrected chi connectivity index (χ4v) is 3.32. The Hall–Kier alpha value is -3.58. The monoisotopic (exact) mass is 406 g/mol. The Morgan fingerprint density at radius 2 is 1.73 bits per heavy atom. The first-order valence-corrected chi connectivity index (χ1v) is 9.41. The van der Waals surface area contributed by atoms with Crippen molar-refractivity contribution in [3.63, 3.8) is 0 Å². The smallest absolute Gasteiger partial charge is 0.276 e. The predicted molar refractivity (Wildman–Crippen MR) is 113 cm³/mol. The number of hydrogen-bond donors (Lipinski definition) is 1. The number of nitrogens with zero attached hydrogens (tertiary/aromatic N) is 3. The van der Waals surface area contributed by atoms with E-state index in [-0.39, 0.29) is 11.4 Å². The summed E-state index contributed by atoms with van der Waals surface area (Å²) >= 11 is 0. The van der Waals surface area contributed by atoms with Crippen LogP contribution < -0.4 is 5.32 Å². The molecule has 0 aliphatic heterocycles. The number of para-hydroxylation sites is 1. The van der Waals surface area contributed by atoms with Gasteiger partial charge < -0.3 is 10.2 Å². The van der Waals surface area contributed by atoms with Crippen LogP contribution in [0.4, 0.5) is 14.5 Å². The molecule has 5 nitrogen and oxygen atoms in total. The number of aromatic nitrogens is 2. The number of carbonyl (C=O) groups is 1. The summed E-state index contributed by atoms with van der Waals surface area (Å²) in [6, 6.07) is 18.3. The summed E-state index contributed by atoms with van der Waals surface area (Å²) in [5.41, 5.74) is 2.32.